The molecule has 3 aromatic carbocycles. The first kappa shape index (κ1) is 20.1. The van der Waals surface area contributed by atoms with Crippen molar-refractivity contribution in [2.75, 3.05) is 6.54 Å². The molecule has 1 aliphatic rings. The third-order valence-corrected chi connectivity index (χ3v) is 6.51. The van der Waals surface area contributed by atoms with Crippen LogP contribution in [-0.2, 0) is 0 Å². The molecule has 0 saturated carbocycles. The Hall–Kier alpha value is -3.86. The molecule has 5 heteroatoms. The number of carbonyl (C=O) groups excluding carboxylic acids is 1. The minimum atomic E-state index is -1.08. The van der Waals surface area contributed by atoms with E-state index in [9.17, 15) is 14.7 Å². The number of rotatable bonds is 6. The Bertz CT molecular complexity index is 1280. The van der Waals surface area contributed by atoms with E-state index in [4.69, 9.17) is 0 Å². The summed E-state index contributed by atoms with van der Waals surface area (Å²) in [6.07, 6.45) is 1.02. The number of carbonyl (C=O) groups is 2. The standard InChI is InChI=1S/C27H24N2O3/c1-2-25(26(30)22-15-28-24-14-8-7-13-21(22)24)29(27(31)32)16-23-19-11-5-3-9-17(19)18-10-4-6-12-20(18)23/h3-15,23,25,28H,2,16H2,1H3,(H,31,32)/t25-/m1/s1. The number of hydrogen-bond acceptors (Lipinski definition) is 2. The van der Waals surface area contributed by atoms with E-state index in [2.05, 4.69) is 29.2 Å². The molecule has 2 N–H and O–H groups in total. The predicted octanol–water partition coefficient (Wildman–Crippen LogP) is 5.92. The number of aromatic amines is 1. The van der Waals surface area contributed by atoms with Crippen LogP contribution in [0.4, 0.5) is 4.79 Å². The quantitative estimate of drug-likeness (QED) is 0.377. The normalized spacial score (nSPS) is 13.5. The summed E-state index contributed by atoms with van der Waals surface area (Å²) in [5, 5.41) is 11.0. The average molecular weight is 425 g/mol. The van der Waals surface area contributed by atoms with Crippen molar-refractivity contribution in [3.8, 4) is 11.1 Å². The van der Waals surface area contributed by atoms with Gasteiger partial charge in [0.25, 0.3) is 0 Å². The molecule has 0 fully saturated rings. The first-order valence-electron chi connectivity index (χ1n) is 10.9. The van der Waals surface area contributed by atoms with E-state index < -0.39 is 12.1 Å². The summed E-state index contributed by atoms with van der Waals surface area (Å²) < 4.78 is 0. The maximum absolute atomic E-state index is 13.5. The molecule has 1 aromatic heterocycles. The molecule has 5 nitrogen and oxygen atoms in total. The number of nitrogens with one attached hydrogen (secondary N) is 1. The van der Waals surface area contributed by atoms with Crippen LogP contribution in [-0.4, -0.2) is 39.5 Å². The average Bonchev–Trinajstić information content (AvgIpc) is 3.38. The van der Waals surface area contributed by atoms with Gasteiger partial charge in [-0.25, -0.2) is 4.79 Å². The Morgan fingerprint density at radius 2 is 1.53 bits per heavy atom. The Labute approximate surface area is 186 Å². The molecule has 1 amide bonds. The van der Waals surface area contributed by atoms with Crippen LogP contribution in [0, 0.1) is 0 Å². The Kier molecular flexibility index (Phi) is 5.02. The molecular weight excluding hydrogens is 400 g/mol. The Balaban J connectivity index is 1.52. The topological polar surface area (TPSA) is 73.4 Å². The molecule has 4 aromatic rings. The van der Waals surface area contributed by atoms with Crippen LogP contribution in [0.1, 0.15) is 40.7 Å². The molecule has 5 rings (SSSR count). The van der Waals surface area contributed by atoms with Gasteiger partial charge in [-0.05, 0) is 34.7 Å². The Morgan fingerprint density at radius 3 is 2.16 bits per heavy atom. The first-order chi connectivity index (χ1) is 15.6. The van der Waals surface area contributed by atoms with E-state index in [1.165, 1.54) is 4.90 Å². The SMILES string of the molecule is CC[C@H](C(=O)c1c[nH]c2ccccc12)N(CC1c2ccccc2-c2ccccc21)C(=O)O. The number of benzene rings is 3. The lowest BCUT2D eigenvalue weighted by atomic mass is 9.94. The lowest BCUT2D eigenvalue weighted by Crippen LogP contribution is -2.46. The molecular formula is C27H24N2O3. The number of Topliss-reactive ketones (excluding diaryl/α,β-unsaturated/α-hetero) is 1. The fraction of sp³-hybridized carbons (Fsp3) is 0.185. The summed E-state index contributed by atoms with van der Waals surface area (Å²) in [5.41, 5.74) is 5.88. The maximum Gasteiger partial charge on any atom is 0.407 e. The van der Waals surface area contributed by atoms with Crippen molar-refractivity contribution >= 4 is 22.8 Å². The van der Waals surface area contributed by atoms with Gasteiger partial charge in [0.05, 0.1) is 6.04 Å². The second-order valence-corrected chi connectivity index (χ2v) is 8.20. The smallest absolute Gasteiger partial charge is 0.407 e. The fourth-order valence-corrected chi connectivity index (χ4v) is 4.99. The minimum Gasteiger partial charge on any atom is -0.465 e. The summed E-state index contributed by atoms with van der Waals surface area (Å²) in [6.45, 7) is 2.10. The van der Waals surface area contributed by atoms with Gasteiger partial charge in [0, 0.05) is 35.1 Å². The highest BCUT2D eigenvalue weighted by Gasteiger charge is 2.36. The zero-order valence-electron chi connectivity index (χ0n) is 17.8. The largest absolute Gasteiger partial charge is 0.465 e. The summed E-state index contributed by atoms with van der Waals surface area (Å²) in [4.78, 5) is 30.4. The molecule has 0 bridgehead atoms. The van der Waals surface area contributed by atoms with Gasteiger partial charge >= 0.3 is 6.09 Å². The number of fused-ring (bicyclic) bond motifs is 4. The van der Waals surface area contributed by atoms with Crippen molar-refractivity contribution in [1.29, 1.82) is 0 Å². The predicted molar refractivity (Wildman–Crippen MR) is 125 cm³/mol. The molecule has 1 heterocycles. The number of aromatic nitrogens is 1. The van der Waals surface area contributed by atoms with Crippen molar-refractivity contribution < 1.29 is 14.7 Å². The van der Waals surface area contributed by atoms with Gasteiger partial charge in [-0.2, -0.15) is 0 Å². The number of ketones is 1. The van der Waals surface area contributed by atoms with Gasteiger partial charge in [0.15, 0.2) is 5.78 Å². The second kappa shape index (κ2) is 8.00. The molecule has 0 spiro atoms. The third kappa shape index (κ3) is 3.17. The molecule has 0 saturated heterocycles. The zero-order valence-corrected chi connectivity index (χ0v) is 17.8. The van der Waals surface area contributed by atoms with E-state index >= 15 is 0 Å². The third-order valence-electron chi connectivity index (χ3n) is 6.51. The lowest BCUT2D eigenvalue weighted by molar-refractivity contribution is 0.0775. The Morgan fingerprint density at radius 1 is 0.938 bits per heavy atom. The van der Waals surface area contributed by atoms with Crippen LogP contribution in [0.3, 0.4) is 0 Å². The number of nitrogens with zero attached hydrogens (tertiary/aromatic N) is 1. The molecule has 160 valence electrons. The molecule has 1 atom stereocenters. The highest BCUT2D eigenvalue weighted by Crippen LogP contribution is 2.45. The molecule has 32 heavy (non-hydrogen) atoms. The number of carboxylic acid groups (broad SMARTS) is 1. The summed E-state index contributed by atoms with van der Waals surface area (Å²) in [5.74, 6) is -0.282. The lowest BCUT2D eigenvalue weighted by Gasteiger charge is -2.30. The van der Waals surface area contributed by atoms with E-state index in [1.54, 1.807) is 6.20 Å². The van der Waals surface area contributed by atoms with Crippen LogP contribution in [0.15, 0.2) is 79.0 Å². The van der Waals surface area contributed by atoms with Gasteiger partial charge in [-0.1, -0.05) is 73.7 Å². The van der Waals surface area contributed by atoms with Crippen LogP contribution >= 0.6 is 0 Å². The summed E-state index contributed by atoms with van der Waals surface area (Å²) >= 11 is 0. The maximum atomic E-state index is 13.5. The van der Waals surface area contributed by atoms with E-state index in [-0.39, 0.29) is 18.2 Å². The first-order valence-corrected chi connectivity index (χ1v) is 10.9. The molecule has 0 radical (unpaired) electrons. The second-order valence-electron chi connectivity index (χ2n) is 8.20. The van der Waals surface area contributed by atoms with Gasteiger partial charge in [0.2, 0.25) is 0 Å². The molecule has 0 aliphatic heterocycles. The van der Waals surface area contributed by atoms with E-state index in [1.807, 2.05) is 55.5 Å². The van der Waals surface area contributed by atoms with Gasteiger partial charge in [-0.3, -0.25) is 9.69 Å². The highest BCUT2D eigenvalue weighted by atomic mass is 16.4. The van der Waals surface area contributed by atoms with Crippen molar-refractivity contribution in [1.82, 2.24) is 9.88 Å². The summed E-state index contributed by atoms with van der Waals surface area (Å²) in [7, 11) is 0. The van der Waals surface area contributed by atoms with E-state index in [0.717, 1.165) is 33.2 Å². The van der Waals surface area contributed by atoms with Crippen LogP contribution in [0.5, 0.6) is 0 Å². The van der Waals surface area contributed by atoms with Crippen molar-refractivity contribution in [3.63, 3.8) is 0 Å². The highest BCUT2D eigenvalue weighted by molar-refractivity contribution is 6.11. The van der Waals surface area contributed by atoms with Gasteiger partial charge in [0.1, 0.15) is 0 Å². The number of H-pyrrole nitrogens is 1. The van der Waals surface area contributed by atoms with Crippen molar-refractivity contribution in [2.45, 2.75) is 25.3 Å². The summed E-state index contributed by atoms with van der Waals surface area (Å²) in [6, 6.07) is 23.1. The number of amides is 1. The monoisotopic (exact) mass is 424 g/mol. The molecule has 0 unspecified atom stereocenters. The zero-order chi connectivity index (χ0) is 22.2. The van der Waals surface area contributed by atoms with Crippen LogP contribution in [0.25, 0.3) is 22.0 Å². The van der Waals surface area contributed by atoms with Gasteiger partial charge < -0.3 is 10.1 Å². The minimum absolute atomic E-state index is 0.108. The number of hydrogen-bond donors (Lipinski definition) is 2. The molecule has 1 aliphatic carbocycles. The van der Waals surface area contributed by atoms with E-state index in [0.29, 0.717) is 12.0 Å². The van der Waals surface area contributed by atoms with Crippen LogP contribution < -0.4 is 0 Å². The van der Waals surface area contributed by atoms with Crippen molar-refractivity contribution in [2.24, 2.45) is 0 Å². The number of para-hydroxylation sites is 1. The fourth-order valence-electron chi connectivity index (χ4n) is 4.99. The van der Waals surface area contributed by atoms with Gasteiger partial charge in [-0.15, -0.1) is 0 Å². The van der Waals surface area contributed by atoms with Crippen LogP contribution in [0.2, 0.25) is 0 Å². The van der Waals surface area contributed by atoms with Crippen molar-refractivity contribution in [3.05, 3.63) is 95.7 Å².